The maximum Gasteiger partial charge on any atom is 0.251 e. The average Bonchev–Trinajstić information content (AvgIpc) is 2.88. The molecule has 0 atom stereocenters. The molecule has 5 nitrogen and oxygen atoms in total. The summed E-state index contributed by atoms with van der Waals surface area (Å²) >= 11 is 0. The number of aliphatic hydroxyl groups excluding tert-OH is 1. The van der Waals surface area contributed by atoms with Gasteiger partial charge < -0.3 is 10.4 Å². The molecule has 2 N–H and O–H groups in total. The van der Waals surface area contributed by atoms with Crippen molar-refractivity contribution in [1.82, 2.24) is 14.9 Å². The molecule has 0 spiro atoms. The molecule has 0 aliphatic rings. The molecule has 0 fully saturated rings. The number of carbonyl (C=O) groups excluding carboxylic acids is 1. The summed E-state index contributed by atoms with van der Waals surface area (Å²) in [5.41, 5.74) is 3.32. The van der Waals surface area contributed by atoms with Gasteiger partial charge in [-0.2, -0.15) is 0 Å². The summed E-state index contributed by atoms with van der Waals surface area (Å²) < 4.78 is 2.06. The molecule has 112 valence electrons. The second kappa shape index (κ2) is 5.99. The van der Waals surface area contributed by atoms with Crippen molar-refractivity contribution in [2.75, 3.05) is 13.2 Å². The summed E-state index contributed by atoms with van der Waals surface area (Å²) in [4.78, 5) is 16.5. The highest BCUT2D eigenvalue weighted by molar-refractivity contribution is 5.97. The van der Waals surface area contributed by atoms with Gasteiger partial charge >= 0.3 is 0 Å². The van der Waals surface area contributed by atoms with Gasteiger partial charge in [0, 0.05) is 17.8 Å². The molecule has 0 bridgehead atoms. The van der Waals surface area contributed by atoms with E-state index in [1.165, 1.54) is 0 Å². The van der Waals surface area contributed by atoms with Crippen LogP contribution in [0.1, 0.15) is 16.2 Å². The summed E-state index contributed by atoms with van der Waals surface area (Å²) in [6.45, 7) is 2.11. The van der Waals surface area contributed by atoms with Gasteiger partial charge in [-0.15, -0.1) is 0 Å². The third-order valence-corrected chi connectivity index (χ3v) is 3.50. The van der Waals surface area contributed by atoms with Crippen molar-refractivity contribution in [2.24, 2.45) is 0 Å². The molecule has 0 unspecified atom stereocenters. The molecule has 3 aromatic rings. The van der Waals surface area contributed by atoms with Crippen LogP contribution in [-0.4, -0.2) is 33.7 Å². The Kier molecular flexibility index (Phi) is 3.89. The summed E-state index contributed by atoms with van der Waals surface area (Å²) in [5.74, 6) is 0.664. The van der Waals surface area contributed by atoms with Gasteiger partial charge in [0.05, 0.1) is 17.6 Å². The van der Waals surface area contributed by atoms with E-state index in [1.807, 2.05) is 43.3 Å². The Morgan fingerprint density at radius 3 is 2.73 bits per heavy atom. The highest BCUT2D eigenvalue weighted by atomic mass is 16.3. The quantitative estimate of drug-likeness (QED) is 0.774. The molecule has 0 saturated heterocycles. The predicted molar refractivity (Wildman–Crippen MR) is 85.2 cm³/mol. The number of fused-ring (bicyclic) bond motifs is 1. The van der Waals surface area contributed by atoms with Gasteiger partial charge in [-0.05, 0) is 37.3 Å². The number of hydrogen-bond acceptors (Lipinski definition) is 3. The van der Waals surface area contributed by atoms with Crippen LogP contribution in [0, 0.1) is 6.92 Å². The molecular weight excluding hydrogens is 278 g/mol. The molecule has 3 rings (SSSR count). The Labute approximate surface area is 128 Å². The number of carbonyl (C=O) groups is 1. The van der Waals surface area contributed by atoms with Gasteiger partial charge in [0.25, 0.3) is 5.91 Å². The zero-order valence-corrected chi connectivity index (χ0v) is 12.3. The molecule has 1 heterocycles. The van der Waals surface area contributed by atoms with Crippen molar-refractivity contribution in [3.8, 4) is 5.69 Å². The van der Waals surface area contributed by atoms with Crippen LogP contribution in [0.4, 0.5) is 0 Å². The van der Waals surface area contributed by atoms with E-state index in [1.54, 1.807) is 12.1 Å². The Balaban J connectivity index is 2.04. The van der Waals surface area contributed by atoms with E-state index in [0.29, 0.717) is 5.56 Å². The molecule has 1 amide bonds. The maximum absolute atomic E-state index is 12.0. The number of nitrogens with one attached hydrogen (secondary N) is 1. The first-order valence-electron chi connectivity index (χ1n) is 7.14. The van der Waals surface area contributed by atoms with Gasteiger partial charge in [0.1, 0.15) is 5.82 Å². The standard InChI is InChI=1S/C17H17N3O2/c1-12-19-15-11-13(17(22)18-9-10-21)7-8-16(15)20(12)14-5-3-2-4-6-14/h2-8,11,21H,9-10H2,1H3,(H,18,22). The van der Waals surface area contributed by atoms with Crippen LogP contribution >= 0.6 is 0 Å². The van der Waals surface area contributed by atoms with Crippen molar-refractivity contribution in [3.05, 3.63) is 59.9 Å². The van der Waals surface area contributed by atoms with Crippen LogP contribution in [0.2, 0.25) is 0 Å². The van der Waals surface area contributed by atoms with E-state index in [9.17, 15) is 4.79 Å². The predicted octanol–water partition coefficient (Wildman–Crippen LogP) is 2.06. The van der Waals surface area contributed by atoms with Crippen molar-refractivity contribution in [2.45, 2.75) is 6.92 Å². The molecule has 0 radical (unpaired) electrons. The minimum atomic E-state index is -0.206. The van der Waals surface area contributed by atoms with Crippen molar-refractivity contribution in [1.29, 1.82) is 0 Å². The minimum Gasteiger partial charge on any atom is -0.395 e. The van der Waals surface area contributed by atoms with Crippen LogP contribution in [0.15, 0.2) is 48.5 Å². The zero-order chi connectivity index (χ0) is 15.5. The Bertz CT molecular complexity index is 809. The van der Waals surface area contributed by atoms with Gasteiger partial charge in [0.2, 0.25) is 0 Å². The van der Waals surface area contributed by atoms with Crippen LogP contribution in [0.3, 0.4) is 0 Å². The number of aromatic nitrogens is 2. The number of benzene rings is 2. The maximum atomic E-state index is 12.0. The number of rotatable bonds is 4. The minimum absolute atomic E-state index is 0.0737. The molecule has 0 aliphatic carbocycles. The lowest BCUT2D eigenvalue weighted by Crippen LogP contribution is -2.26. The van der Waals surface area contributed by atoms with Crippen molar-refractivity contribution < 1.29 is 9.90 Å². The first-order valence-corrected chi connectivity index (χ1v) is 7.14. The van der Waals surface area contributed by atoms with Crippen LogP contribution < -0.4 is 5.32 Å². The normalized spacial score (nSPS) is 10.8. The third-order valence-electron chi connectivity index (χ3n) is 3.50. The fourth-order valence-corrected chi connectivity index (χ4v) is 2.52. The van der Waals surface area contributed by atoms with Crippen LogP contribution in [0.5, 0.6) is 0 Å². The smallest absolute Gasteiger partial charge is 0.251 e. The number of amides is 1. The second-order valence-corrected chi connectivity index (χ2v) is 5.01. The van der Waals surface area contributed by atoms with Crippen LogP contribution in [-0.2, 0) is 0 Å². The molecule has 2 aromatic carbocycles. The third kappa shape index (κ3) is 2.58. The molecule has 5 heteroatoms. The Morgan fingerprint density at radius 2 is 2.00 bits per heavy atom. The molecule has 0 aliphatic heterocycles. The lowest BCUT2D eigenvalue weighted by Gasteiger charge is -2.07. The van der Waals surface area contributed by atoms with E-state index in [0.717, 1.165) is 22.5 Å². The summed E-state index contributed by atoms with van der Waals surface area (Å²) in [5, 5.41) is 11.4. The number of nitrogens with zero attached hydrogens (tertiary/aromatic N) is 2. The number of aliphatic hydroxyl groups is 1. The molecule has 1 aromatic heterocycles. The van der Waals surface area contributed by atoms with Crippen molar-refractivity contribution >= 4 is 16.9 Å². The van der Waals surface area contributed by atoms with Gasteiger partial charge in [0.15, 0.2) is 0 Å². The lowest BCUT2D eigenvalue weighted by molar-refractivity contribution is 0.0945. The summed E-state index contributed by atoms with van der Waals surface area (Å²) in [6, 6.07) is 15.4. The lowest BCUT2D eigenvalue weighted by atomic mass is 10.2. The van der Waals surface area contributed by atoms with Gasteiger partial charge in [-0.3, -0.25) is 9.36 Å². The first kappa shape index (κ1) is 14.3. The fourth-order valence-electron chi connectivity index (χ4n) is 2.52. The Hall–Kier alpha value is -2.66. The summed E-state index contributed by atoms with van der Waals surface area (Å²) in [7, 11) is 0. The first-order chi connectivity index (χ1) is 10.7. The molecular formula is C17H17N3O2. The number of hydrogen-bond donors (Lipinski definition) is 2. The van der Waals surface area contributed by atoms with Crippen molar-refractivity contribution in [3.63, 3.8) is 0 Å². The molecule has 0 saturated carbocycles. The highest BCUT2D eigenvalue weighted by Crippen LogP contribution is 2.22. The van der Waals surface area contributed by atoms with E-state index in [2.05, 4.69) is 14.9 Å². The average molecular weight is 295 g/mol. The van der Waals surface area contributed by atoms with E-state index >= 15 is 0 Å². The number of aryl methyl sites for hydroxylation is 1. The second-order valence-electron chi connectivity index (χ2n) is 5.01. The van der Waals surface area contributed by atoms with Crippen LogP contribution in [0.25, 0.3) is 16.7 Å². The zero-order valence-electron chi connectivity index (χ0n) is 12.3. The molecule has 22 heavy (non-hydrogen) atoms. The fraction of sp³-hybridized carbons (Fsp3) is 0.176. The number of imidazole rings is 1. The Morgan fingerprint density at radius 1 is 1.23 bits per heavy atom. The topological polar surface area (TPSA) is 67.2 Å². The summed E-state index contributed by atoms with van der Waals surface area (Å²) in [6.07, 6.45) is 0. The SMILES string of the molecule is Cc1nc2cc(C(=O)NCCO)ccc2n1-c1ccccc1. The highest BCUT2D eigenvalue weighted by Gasteiger charge is 2.12. The van der Waals surface area contributed by atoms with Gasteiger partial charge in [-0.1, -0.05) is 18.2 Å². The number of para-hydroxylation sites is 1. The monoisotopic (exact) mass is 295 g/mol. The van der Waals surface area contributed by atoms with E-state index < -0.39 is 0 Å². The van der Waals surface area contributed by atoms with E-state index in [-0.39, 0.29) is 19.1 Å². The van der Waals surface area contributed by atoms with Gasteiger partial charge in [-0.25, -0.2) is 4.98 Å². The van der Waals surface area contributed by atoms with E-state index in [4.69, 9.17) is 5.11 Å². The largest absolute Gasteiger partial charge is 0.395 e.